The smallest absolute Gasteiger partial charge is 0.132 e. The number of ketones is 1. The summed E-state index contributed by atoms with van der Waals surface area (Å²) in [5, 5.41) is 0. The first-order valence-electron chi connectivity index (χ1n) is 5.53. The summed E-state index contributed by atoms with van der Waals surface area (Å²) in [6.45, 7) is 1.70. The molecule has 0 bridgehead atoms. The molecule has 1 saturated carbocycles. The number of carbonyl (C=O) groups is 1. The predicted molar refractivity (Wildman–Crippen MR) is 57.4 cm³/mol. The molecule has 0 aromatic carbocycles. The summed E-state index contributed by atoms with van der Waals surface area (Å²) in [6.07, 6.45) is 9.45. The van der Waals surface area contributed by atoms with E-state index in [1.165, 1.54) is 0 Å². The minimum atomic E-state index is 0.290. The Labute approximate surface area is 89.9 Å². The monoisotopic (exact) mass is 204 g/mol. The molecule has 1 fully saturated rings. The fourth-order valence-electron chi connectivity index (χ4n) is 2.32. The molecule has 2 rings (SSSR count). The fourth-order valence-corrected chi connectivity index (χ4v) is 2.32. The summed E-state index contributed by atoms with van der Waals surface area (Å²) in [5.41, 5.74) is 1.08. The Balaban J connectivity index is 1.97. The Morgan fingerprint density at radius 1 is 1.27 bits per heavy atom. The van der Waals surface area contributed by atoms with Crippen LogP contribution >= 0.6 is 0 Å². The molecule has 0 spiro atoms. The van der Waals surface area contributed by atoms with Gasteiger partial charge in [0.15, 0.2) is 0 Å². The van der Waals surface area contributed by atoms with Crippen LogP contribution in [0.15, 0.2) is 18.6 Å². The van der Waals surface area contributed by atoms with E-state index in [1.54, 1.807) is 19.3 Å². The average molecular weight is 204 g/mol. The molecule has 3 heteroatoms. The van der Waals surface area contributed by atoms with Gasteiger partial charge in [0.25, 0.3) is 0 Å². The molecule has 3 nitrogen and oxygen atoms in total. The molecule has 0 amide bonds. The van der Waals surface area contributed by atoms with E-state index in [2.05, 4.69) is 9.97 Å². The third kappa shape index (κ3) is 2.41. The Morgan fingerprint density at radius 3 is 2.53 bits per heavy atom. The van der Waals surface area contributed by atoms with Gasteiger partial charge in [0.1, 0.15) is 5.78 Å². The number of carbonyl (C=O) groups excluding carboxylic acids is 1. The number of hydrogen-bond acceptors (Lipinski definition) is 3. The summed E-state index contributed by atoms with van der Waals surface area (Å²) in [5.74, 6) is 1.14. The van der Waals surface area contributed by atoms with Crippen LogP contribution in [0.4, 0.5) is 0 Å². The maximum Gasteiger partial charge on any atom is 0.132 e. The van der Waals surface area contributed by atoms with Gasteiger partial charge < -0.3 is 0 Å². The molecule has 0 N–H and O–H groups in total. The second kappa shape index (κ2) is 4.51. The molecule has 0 aliphatic heterocycles. The van der Waals surface area contributed by atoms with Crippen molar-refractivity contribution in [2.75, 3.05) is 0 Å². The summed E-state index contributed by atoms with van der Waals surface area (Å²) in [7, 11) is 0. The molecule has 1 heterocycles. The van der Waals surface area contributed by atoms with Gasteiger partial charge in [-0.05, 0) is 32.6 Å². The standard InChI is InChI=1S/C12H16N2O/c1-9(15)10-2-4-11(5-3-10)12-8-13-6-7-14-12/h6-8,10-11H,2-5H2,1H3. The van der Waals surface area contributed by atoms with E-state index in [0.29, 0.717) is 11.7 Å². The van der Waals surface area contributed by atoms with Gasteiger partial charge in [-0.15, -0.1) is 0 Å². The number of hydrogen-bond donors (Lipinski definition) is 0. The lowest BCUT2D eigenvalue weighted by Gasteiger charge is -2.26. The summed E-state index contributed by atoms with van der Waals surface area (Å²) in [4.78, 5) is 19.6. The maximum absolute atomic E-state index is 11.2. The molecule has 0 atom stereocenters. The highest BCUT2D eigenvalue weighted by Gasteiger charge is 2.25. The highest BCUT2D eigenvalue weighted by atomic mass is 16.1. The highest BCUT2D eigenvalue weighted by Crippen LogP contribution is 2.34. The van der Waals surface area contributed by atoms with Crippen LogP contribution in [-0.4, -0.2) is 15.8 Å². The van der Waals surface area contributed by atoms with Gasteiger partial charge in [-0.3, -0.25) is 14.8 Å². The van der Waals surface area contributed by atoms with E-state index in [0.717, 1.165) is 31.4 Å². The number of rotatable bonds is 2. The molecule has 1 aliphatic rings. The third-order valence-corrected chi connectivity index (χ3v) is 3.30. The van der Waals surface area contributed by atoms with Crippen LogP contribution in [0, 0.1) is 5.92 Å². The topological polar surface area (TPSA) is 42.9 Å². The van der Waals surface area contributed by atoms with Crippen molar-refractivity contribution in [2.24, 2.45) is 5.92 Å². The van der Waals surface area contributed by atoms with Crippen molar-refractivity contribution in [3.05, 3.63) is 24.3 Å². The van der Waals surface area contributed by atoms with Gasteiger partial charge in [0.05, 0.1) is 5.69 Å². The van der Waals surface area contributed by atoms with Crippen LogP contribution in [0.2, 0.25) is 0 Å². The Kier molecular flexibility index (Phi) is 3.09. The lowest BCUT2D eigenvalue weighted by molar-refractivity contribution is -0.121. The molecule has 80 valence electrons. The van der Waals surface area contributed by atoms with Crippen molar-refractivity contribution in [2.45, 2.75) is 38.5 Å². The summed E-state index contributed by atoms with van der Waals surface area (Å²) in [6, 6.07) is 0. The average Bonchev–Trinajstić information content (AvgIpc) is 2.30. The molecular weight excluding hydrogens is 188 g/mol. The Morgan fingerprint density at radius 2 is 2.00 bits per heavy atom. The van der Waals surface area contributed by atoms with Crippen LogP contribution in [0.1, 0.15) is 44.2 Å². The van der Waals surface area contributed by atoms with Crippen LogP contribution in [0.3, 0.4) is 0 Å². The van der Waals surface area contributed by atoms with Crippen molar-refractivity contribution in [1.82, 2.24) is 9.97 Å². The van der Waals surface area contributed by atoms with Gasteiger partial charge in [-0.25, -0.2) is 0 Å². The van der Waals surface area contributed by atoms with Gasteiger partial charge >= 0.3 is 0 Å². The number of nitrogens with zero attached hydrogens (tertiary/aromatic N) is 2. The second-order valence-electron chi connectivity index (χ2n) is 4.29. The first-order valence-corrected chi connectivity index (χ1v) is 5.53. The van der Waals surface area contributed by atoms with Gasteiger partial charge in [-0.1, -0.05) is 0 Å². The predicted octanol–water partition coefficient (Wildman–Crippen LogP) is 2.34. The SMILES string of the molecule is CC(=O)C1CCC(c2cnccn2)CC1. The van der Waals surface area contributed by atoms with Crippen LogP contribution in [-0.2, 0) is 4.79 Å². The minimum absolute atomic E-state index is 0.290. The fraction of sp³-hybridized carbons (Fsp3) is 0.583. The van der Waals surface area contributed by atoms with Crippen molar-refractivity contribution < 1.29 is 4.79 Å². The summed E-state index contributed by atoms with van der Waals surface area (Å²) < 4.78 is 0. The van der Waals surface area contributed by atoms with Gasteiger partial charge in [0, 0.05) is 30.4 Å². The van der Waals surface area contributed by atoms with Gasteiger partial charge in [-0.2, -0.15) is 0 Å². The zero-order valence-electron chi connectivity index (χ0n) is 9.02. The molecular formula is C12H16N2O. The quantitative estimate of drug-likeness (QED) is 0.742. The third-order valence-electron chi connectivity index (χ3n) is 3.30. The van der Waals surface area contributed by atoms with E-state index in [9.17, 15) is 4.79 Å². The largest absolute Gasteiger partial charge is 0.300 e. The molecule has 0 saturated heterocycles. The van der Waals surface area contributed by atoms with Crippen LogP contribution < -0.4 is 0 Å². The van der Waals surface area contributed by atoms with Crippen LogP contribution in [0.5, 0.6) is 0 Å². The van der Waals surface area contributed by atoms with E-state index in [1.807, 2.05) is 6.20 Å². The van der Waals surface area contributed by atoms with E-state index in [4.69, 9.17) is 0 Å². The number of aromatic nitrogens is 2. The lowest BCUT2D eigenvalue weighted by Crippen LogP contribution is -2.19. The highest BCUT2D eigenvalue weighted by molar-refractivity contribution is 5.78. The van der Waals surface area contributed by atoms with Crippen LogP contribution in [0.25, 0.3) is 0 Å². The van der Waals surface area contributed by atoms with Crippen molar-refractivity contribution in [3.8, 4) is 0 Å². The first kappa shape index (κ1) is 10.3. The van der Waals surface area contributed by atoms with E-state index in [-0.39, 0.29) is 5.92 Å². The van der Waals surface area contributed by atoms with E-state index < -0.39 is 0 Å². The maximum atomic E-state index is 11.2. The number of Topliss-reactive ketones (excluding diaryl/α,β-unsaturated/α-hetero) is 1. The molecule has 15 heavy (non-hydrogen) atoms. The van der Waals surface area contributed by atoms with Crippen molar-refractivity contribution in [1.29, 1.82) is 0 Å². The molecule has 0 unspecified atom stereocenters. The zero-order chi connectivity index (χ0) is 10.7. The van der Waals surface area contributed by atoms with Crippen molar-refractivity contribution >= 4 is 5.78 Å². The second-order valence-corrected chi connectivity index (χ2v) is 4.29. The minimum Gasteiger partial charge on any atom is -0.300 e. The molecule has 0 radical (unpaired) electrons. The van der Waals surface area contributed by atoms with E-state index >= 15 is 0 Å². The Bertz CT molecular complexity index is 329. The Hall–Kier alpha value is -1.25. The zero-order valence-corrected chi connectivity index (χ0v) is 9.02. The molecule has 1 aromatic rings. The molecule has 1 aliphatic carbocycles. The van der Waals surface area contributed by atoms with Crippen molar-refractivity contribution in [3.63, 3.8) is 0 Å². The normalized spacial score (nSPS) is 26.2. The first-order chi connectivity index (χ1) is 7.27. The molecule has 1 aromatic heterocycles. The summed E-state index contributed by atoms with van der Waals surface area (Å²) >= 11 is 0. The van der Waals surface area contributed by atoms with Gasteiger partial charge in [0.2, 0.25) is 0 Å². The lowest BCUT2D eigenvalue weighted by atomic mass is 9.79.